The zero-order chi connectivity index (χ0) is 16.9. The Labute approximate surface area is 128 Å². The first-order valence-corrected chi connectivity index (χ1v) is 6.48. The first-order chi connectivity index (χ1) is 10.8. The van der Waals surface area contributed by atoms with Gasteiger partial charge in [-0.3, -0.25) is 34.4 Å². The van der Waals surface area contributed by atoms with Gasteiger partial charge < -0.3 is 5.73 Å². The van der Waals surface area contributed by atoms with Gasteiger partial charge in [-0.1, -0.05) is 6.07 Å². The Kier molecular flexibility index (Phi) is 2.99. The SMILES string of the molecule is Cc1ccc([N+](=O)[O-])cc1-n1c(N)c2c(cc1=O)C(=O)NC2=O. The van der Waals surface area contributed by atoms with Crippen LogP contribution in [0, 0.1) is 17.0 Å². The maximum atomic E-state index is 12.3. The van der Waals surface area contributed by atoms with Crippen LogP contribution in [0.3, 0.4) is 0 Å². The van der Waals surface area contributed by atoms with Gasteiger partial charge in [0.15, 0.2) is 0 Å². The van der Waals surface area contributed by atoms with E-state index in [1.807, 2.05) is 0 Å². The predicted octanol–water partition coefficient (Wildman–Crippen LogP) is 0.520. The van der Waals surface area contributed by atoms with Crippen molar-refractivity contribution in [3.63, 3.8) is 0 Å². The number of nitrogens with zero attached hydrogens (tertiary/aromatic N) is 2. The predicted molar refractivity (Wildman–Crippen MR) is 79.6 cm³/mol. The van der Waals surface area contributed by atoms with Crippen molar-refractivity contribution in [2.24, 2.45) is 0 Å². The third-order valence-electron chi connectivity index (χ3n) is 3.60. The fourth-order valence-corrected chi connectivity index (χ4v) is 2.48. The molecule has 116 valence electrons. The van der Waals surface area contributed by atoms with E-state index in [0.717, 1.165) is 10.6 Å². The number of benzene rings is 1. The molecule has 9 nitrogen and oxygen atoms in total. The number of nitrogen functional groups attached to an aromatic ring is 1. The summed E-state index contributed by atoms with van der Waals surface area (Å²) in [4.78, 5) is 46.1. The van der Waals surface area contributed by atoms with Crippen LogP contribution in [0.1, 0.15) is 26.3 Å². The third-order valence-corrected chi connectivity index (χ3v) is 3.60. The van der Waals surface area contributed by atoms with Gasteiger partial charge >= 0.3 is 0 Å². The van der Waals surface area contributed by atoms with Crippen LogP contribution in [-0.4, -0.2) is 21.3 Å². The van der Waals surface area contributed by atoms with Gasteiger partial charge in [-0.15, -0.1) is 0 Å². The summed E-state index contributed by atoms with van der Waals surface area (Å²) in [6.07, 6.45) is 0. The number of hydrogen-bond donors (Lipinski definition) is 2. The molecule has 3 N–H and O–H groups in total. The topological polar surface area (TPSA) is 137 Å². The number of hydrogen-bond acceptors (Lipinski definition) is 6. The minimum Gasteiger partial charge on any atom is -0.384 e. The van der Waals surface area contributed by atoms with Gasteiger partial charge in [0.2, 0.25) is 0 Å². The average Bonchev–Trinajstić information content (AvgIpc) is 2.75. The highest BCUT2D eigenvalue weighted by molar-refractivity contribution is 6.23. The number of amides is 2. The number of rotatable bonds is 2. The summed E-state index contributed by atoms with van der Waals surface area (Å²) in [5, 5.41) is 13.0. The van der Waals surface area contributed by atoms with E-state index >= 15 is 0 Å². The van der Waals surface area contributed by atoms with Crippen molar-refractivity contribution < 1.29 is 14.5 Å². The van der Waals surface area contributed by atoms with Gasteiger partial charge in [-0.25, -0.2) is 0 Å². The molecule has 0 atom stereocenters. The molecule has 0 bridgehead atoms. The van der Waals surface area contributed by atoms with Crippen LogP contribution in [0.25, 0.3) is 5.69 Å². The number of anilines is 1. The molecule has 1 aliphatic heterocycles. The zero-order valence-corrected chi connectivity index (χ0v) is 11.8. The molecule has 3 rings (SSSR count). The van der Waals surface area contributed by atoms with Gasteiger partial charge in [0.1, 0.15) is 5.82 Å². The Hall–Kier alpha value is -3.49. The maximum Gasteiger partial charge on any atom is 0.271 e. The number of aromatic nitrogens is 1. The van der Waals surface area contributed by atoms with Crippen molar-refractivity contribution in [3.05, 3.63) is 61.4 Å². The fraction of sp³-hybridized carbons (Fsp3) is 0.0714. The van der Waals surface area contributed by atoms with Crippen LogP contribution >= 0.6 is 0 Å². The molecular formula is C14H10N4O5. The first kappa shape index (κ1) is 14.4. The molecule has 2 aromatic rings. The minimum atomic E-state index is -0.709. The second-order valence-corrected chi connectivity index (χ2v) is 5.00. The van der Waals surface area contributed by atoms with Gasteiger partial charge in [0.25, 0.3) is 23.1 Å². The number of nitro groups is 1. The van der Waals surface area contributed by atoms with Crippen molar-refractivity contribution >= 4 is 23.3 Å². The molecule has 1 aromatic carbocycles. The number of pyridine rings is 1. The quantitative estimate of drug-likeness (QED) is 0.471. The summed E-state index contributed by atoms with van der Waals surface area (Å²) < 4.78 is 0.985. The molecular weight excluding hydrogens is 304 g/mol. The number of non-ortho nitro benzene ring substituents is 1. The number of aryl methyl sites for hydroxylation is 1. The monoisotopic (exact) mass is 314 g/mol. The number of nitrogens with one attached hydrogen (secondary N) is 1. The Morgan fingerprint density at radius 2 is 1.87 bits per heavy atom. The summed E-state index contributed by atoms with van der Waals surface area (Å²) in [6, 6.07) is 4.94. The van der Waals surface area contributed by atoms with Crippen LogP contribution in [0.4, 0.5) is 11.5 Å². The van der Waals surface area contributed by atoms with E-state index in [-0.39, 0.29) is 28.3 Å². The number of imide groups is 1. The summed E-state index contributed by atoms with van der Waals surface area (Å²) in [5.74, 6) is -1.64. The van der Waals surface area contributed by atoms with Gasteiger partial charge in [0.05, 0.1) is 21.7 Å². The van der Waals surface area contributed by atoms with Crippen LogP contribution in [-0.2, 0) is 0 Å². The largest absolute Gasteiger partial charge is 0.384 e. The van der Waals surface area contributed by atoms with Crippen LogP contribution in [0.15, 0.2) is 29.1 Å². The molecule has 0 unspecified atom stereocenters. The van der Waals surface area contributed by atoms with E-state index < -0.39 is 22.3 Å². The van der Waals surface area contributed by atoms with E-state index in [1.54, 1.807) is 6.92 Å². The lowest BCUT2D eigenvalue weighted by atomic mass is 10.1. The number of carbonyl (C=O) groups is 2. The molecule has 0 saturated heterocycles. The molecule has 0 aliphatic carbocycles. The highest BCUT2D eigenvalue weighted by Gasteiger charge is 2.32. The summed E-state index contributed by atoms with van der Waals surface area (Å²) in [6.45, 7) is 1.64. The van der Waals surface area contributed by atoms with Crippen LogP contribution in [0.2, 0.25) is 0 Å². The Morgan fingerprint density at radius 1 is 1.17 bits per heavy atom. The van der Waals surface area contributed by atoms with Crippen LogP contribution < -0.4 is 16.6 Å². The zero-order valence-electron chi connectivity index (χ0n) is 11.8. The number of nitro benzene ring substituents is 1. The molecule has 9 heteroatoms. The van der Waals surface area contributed by atoms with Crippen molar-refractivity contribution in [2.75, 3.05) is 5.73 Å². The second kappa shape index (κ2) is 4.77. The normalized spacial score (nSPS) is 12.9. The van der Waals surface area contributed by atoms with Crippen LogP contribution in [0.5, 0.6) is 0 Å². The fourth-order valence-electron chi connectivity index (χ4n) is 2.48. The van der Waals surface area contributed by atoms with E-state index in [9.17, 15) is 24.5 Å². The molecule has 1 aromatic heterocycles. The first-order valence-electron chi connectivity index (χ1n) is 6.48. The molecule has 0 spiro atoms. The molecule has 0 fully saturated rings. The minimum absolute atomic E-state index is 0.100. The summed E-state index contributed by atoms with van der Waals surface area (Å²) >= 11 is 0. The standard InChI is InChI=1S/C14H10N4O5/c1-6-2-3-7(18(22)23)4-9(6)17-10(19)5-8-11(12(17)15)14(21)16-13(8)20/h2-5H,15H2,1H3,(H,16,20,21). The highest BCUT2D eigenvalue weighted by atomic mass is 16.6. The molecule has 0 saturated carbocycles. The number of carbonyl (C=O) groups excluding carboxylic acids is 2. The Morgan fingerprint density at radius 3 is 2.52 bits per heavy atom. The van der Waals surface area contributed by atoms with Gasteiger partial charge in [-0.2, -0.15) is 0 Å². The lowest BCUT2D eigenvalue weighted by molar-refractivity contribution is -0.384. The van der Waals surface area contributed by atoms with Crippen molar-refractivity contribution in [3.8, 4) is 5.69 Å². The number of fused-ring (bicyclic) bond motifs is 1. The van der Waals surface area contributed by atoms with Gasteiger partial charge in [0, 0.05) is 18.2 Å². The number of nitrogens with two attached hydrogens (primary N) is 1. The van der Waals surface area contributed by atoms with E-state index in [1.165, 1.54) is 18.2 Å². The molecule has 2 heterocycles. The lowest BCUT2D eigenvalue weighted by Crippen LogP contribution is -2.24. The molecule has 2 amide bonds. The molecule has 23 heavy (non-hydrogen) atoms. The molecule has 1 aliphatic rings. The van der Waals surface area contributed by atoms with Gasteiger partial charge in [-0.05, 0) is 12.5 Å². The smallest absolute Gasteiger partial charge is 0.271 e. The lowest BCUT2D eigenvalue weighted by Gasteiger charge is -2.13. The summed E-state index contributed by atoms with van der Waals surface area (Å²) in [7, 11) is 0. The van der Waals surface area contributed by atoms with Crippen molar-refractivity contribution in [1.29, 1.82) is 0 Å². The maximum absolute atomic E-state index is 12.3. The van der Waals surface area contributed by atoms with E-state index in [0.29, 0.717) is 5.56 Å². The Balaban J connectivity index is 2.35. The van der Waals surface area contributed by atoms with Crippen molar-refractivity contribution in [2.45, 2.75) is 6.92 Å². The van der Waals surface area contributed by atoms with E-state index in [4.69, 9.17) is 5.73 Å². The summed E-state index contributed by atoms with van der Waals surface area (Å²) in [5.41, 5.74) is 5.53. The second-order valence-electron chi connectivity index (χ2n) is 5.00. The average molecular weight is 314 g/mol. The third kappa shape index (κ3) is 2.06. The Bertz CT molecular complexity index is 960. The highest BCUT2D eigenvalue weighted by Crippen LogP contribution is 2.26. The van der Waals surface area contributed by atoms with Crippen molar-refractivity contribution in [1.82, 2.24) is 9.88 Å². The van der Waals surface area contributed by atoms with E-state index in [2.05, 4.69) is 5.32 Å². The molecule has 0 radical (unpaired) electrons.